The molecule has 2 atom stereocenters. The van der Waals surface area contributed by atoms with Crippen molar-refractivity contribution in [1.82, 2.24) is 4.90 Å². The molecule has 2 fully saturated rings. The fourth-order valence-corrected chi connectivity index (χ4v) is 4.11. The lowest BCUT2D eigenvalue weighted by Gasteiger charge is -2.27. The second-order valence-electron chi connectivity index (χ2n) is 7.59. The number of ketones is 1. The smallest absolute Gasteiger partial charge is 0.295 e. The van der Waals surface area contributed by atoms with Gasteiger partial charge in [0.15, 0.2) is 0 Å². The Morgan fingerprint density at radius 2 is 1.65 bits per heavy atom. The third kappa shape index (κ3) is 4.01. The lowest BCUT2D eigenvalue weighted by molar-refractivity contribution is -0.140. The van der Waals surface area contributed by atoms with Crippen molar-refractivity contribution in [2.45, 2.75) is 25.0 Å². The van der Waals surface area contributed by atoms with E-state index in [4.69, 9.17) is 14.2 Å². The maximum Gasteiger partial charge on any atom is 0.295 e. The molecule has 1 N–H and O–H groups in total. The fraction of sp³-hybridized carbons (Fsp3) is 0.333. The Hall–Kier alpha value is -3.32. The van der Waals surface area contributed by atoms with Gasteiger partial charge in [-0.2, -0.15) is 0 Å². The Balaban J connectivity index is 1.79. The first-order valence-corrected chi connectivity index (χ1v) is 10.2. The van der Waals surface area contributed by atoms with E-state index >= 15 is 0 Å². The van der Waals surface area contributed by atoms with Crippen LogP contribution in [0.5, 0.6) is 11.5 Å². The number of aliphatic hydroxyl groups excluding tert-OH is 1. The first-order valence-electron chi connectivity index (χ1n) is 10.2. The molecule has 0 spiro atoms. The van der Waals surface area contributed by atoms with E-state index < -0.39 is 17.7 Å². The number of Topliss-reactive ketones (excluding diaryl/α,β-unsaturated/α-hetero) is 1. The van der Waals surface area contributed by atoms with Gasteiger partial charge in [0, 0.05) is 18.7 Å². The van der Waals surface area contributed by atoms with Crippen LogP contribution in [-0.2, 0) is 14.3 Å². The van der Waals surface area contributed by atoms with Crippen LogP contribution in [0.15, 0.2) is 54.1 Å². The van der Waals surface area contributed by atoms with E-state index in [1.54, 1.807) is 62.8 Å². The number of aliphatic hydroxyl groups is 1. The van der Waals surface area contributed by atoms with Crippen LogP contribution in [0, 0.1) is 0 Å². The van der Waals surface area contributed by atoms with Gasteiger partial charge in [-0.05, 0) is 54.8 Å². The molecule has 0 aromatic heterocycles. The zero-order chi connectivity index (χ0) is 22.0. The van der Waals surface area contributed by atoms with E-state index in [0.29, 0.717) is 35.8 Å². The quantitative estimate of drug-likeness (QED) is 0.436. The highest BCUT2D eigenvalue weighted by Gasteiger charge is 2.47. The van der Waals surface area contributed by atoms with Crippen molar-refractivity contribution in [3.63, 3.8) is 0 Å². The van der Waals surface area contributed by atoms with Crippen molar-refractivity contribution < 1.29 is 28.9 Å². The highest BCUT2D eigenvalue weighted by atomic mass is 16.5. The summed E-state index contributed by atoms with van der Waals surface area (Å²) in [6.45, 7) is 0.939. The number of ether oxygens (including phenoxy) is 3. The van der Waals surface area contributed by atoms with Gasteiger partial charge in [0.1, 0.15) is 17.3 Å². The molecule has 2 aromatic carbocycles. The number of rotatable bonds is 6. The second kappa shape index (κ2) is 8.81. The zero-order valence-corrected chi connectivity index (χ0v) is 17.5. The Morgan fingerprint density at radius 1 is 1.03 bits per heavy atom. The molecule has 0 aliphatic carbocycles. The molecule has 2 heterocycles. The van der Waals surface area contributed by atoms with Gasteiger partial charge in [0.05, 0.1) is 31.9 Å². The van der Waals surface area contributed by atoms with Crippen LogP contribution in [0.1, 0.15) is 30.0 Å². The van der Waals surface area contributed by atoms with Crippen LogP contribution in [0.4, 0.5) is 0 Å². The molecule has 2 saturated heterocycles. The van der Waals surface area contributed by atoms with Crippen LogP contribution in [0.25, 0.3) is 5.76 Å². The van der Waals surface area contributed by atoms with E-state index in [2.05, 4.69) is 0 Å². The Kier molecular flexibility index (Phi) is 5.95. The Bertz CT molecular complexity index is 990. The molecule has 7 nitrogen and oxygen atoms in total. The summed E-state index contributed by atoms with van der Waals surface area (Å²) in [5, 5.41) is 11.1. The van der Waals surface area contributed by atoms with Gasteiger partial charge < -0.3 is 24.2 Å². The molecule has 7 heteroatoms. The molecule has 2 aliphatic rings. The summed E-state index contributed by atoms with van der Waals surface area (Å²) in [5.41, 5.74) is 1.22. The van der Waals surface area contributed by atoms with Gasteiger partial charge in [-0.1, -0.05) is 12.1 Å². The molecule has 31 heavy (non-hydrogen) atoms. The number of hydrogen-bond acceptors (Lipinski definition) is 6. The first kappa shape index (κ1) is 20.9. The lowest BCUT2D eigenvalue weighted by atomic mass is 9.95. The predicted molar refractivity (Wildman–Crippen MR) is 114 cm³/mol. The fourth-order valence-electron chi connectivity index (χ4n) is 4.11. The zero-order valence-electron chi connectivity index (χ0n) is 17.5. The lowest BCUT2D eigenvalue weighted by Crippen LogP contribution is -2.36. The number of methoxy groups -OCH3 is 2. The number of carbonyl (C=O) groups is 2. The van der Waals surface area contributed by atoms with Crippen molar-refractivity contribution in [1.29, 1.82) is 0 Å². The van der Waals surface area contributed by atoms with Crippen molar-refractivity contribution >= 4 is 17.4 Å². The molecular weight excluding hydrogens is 398 g/mol. The summed E-state index contributed by atoms with van der Waals surface area (Å²) in [7, 11) is 3.12. The van der Waals surface area contributed by atoms with Crippen molar-refractivity contribution in [2.24, 2.45) is 0 Å². The van der Waals surface area contributed by atoms with Crippen LogP contribution in [-0.4, -0.2) is 55.2 Å². The molecule has 2 aliphatic heterocycles. The highest BCUT2D eigenvalue weighted by Crippen LogP contribution is 2.40. The molecule has 2 aromatic rings. The third-order valence-corrected chi connectivity index (χ3v) is 5.76. The third-order valence-electron chi connectivity index (χ3n) is 5.76. The molecule has 162 valence electrons. The van der Waals surface area contributed by atoms with Crippen molar-refractivity contribution in [3.05, 3.63) is 65.2 Å². The number of likely N-dealkylation sites (tertiary alicyclic amines) is 1. The van der Waals surface area contributed by atoms with Gasteiger partial charge in [-0.3, -0.25) is 9.59 Å². The maximum atomic E-state index is 13.0. The molecule has 0 saturated carbocycles. The average molecular weight is 423 g/mol. The van der Waals surface area contributed by atoms with Crippen molar-refractivity contribution in [3.8, 4) is 11.5 Å². The van der Waals surface area contributed by atoms with Gasteiger partial charge >= 0.3 is 0 Å². The summed E-state index contributed by atoms with van der Waals surface area (Å²) < 4.78 is 16.1. The van der Waals surface area contributed by atoms with Crippen LogP contribution in [0.3, 0.4) is 0 Å². The highest BCUT2D eigenvalue weighted by molar-refractivity contribution is 6.46. The molecule has 2 unspecified atom stereocenters. The largest absolute Gasteiger partial charge is 0.507 e. The monoisotopic (exact) mass is 423 g/mol. The standard InChI is InChI=1S/C24H25NO6/c1-29-17-9-5-15(6-10-17)21-20(22(26)16-7-11-18(30-2)12-8-16)23(27)24(28)25(21)14-19-4-3-13-31-19/h5-12,19,21,26H,3-4,13-14H2,1-2H3/b22-20+. The van der Waals surface area contributed by atoms with Gasteiger partial charge in [0.2, 0.25) is 0 Å². The van der Waals surface area contributed by atoms with Crippen LogP contribution < -0.4 is 9.47 Å². The summed E-state index contributed by atoms with van der Waals surface area (Å²) >= 11 is 0. The van der Waals surface area contributed by atoms with E-state index in [-0.39, 0.29) is 17.4 Å². The molecule has 1 amide bonds. The van der Waals surface area contributed by atoms with Crippen molar-refractivity contribution in [2.75, 3.05) is 27.4 Å². The normalized spacial score (nSPS) is 22.7. The number of benzene rings is 2. The van der Waals surface area contributed by atoms with E-state index in [9.17, 15) is 14.7 Å². The number of nitrogens with zero attached hydrogens (tertiary/aromatic N) is 1. The van der Waals surface area contributed by atoms with Gasteiger partial charge in [-0.15, -0.1) is 0 Å². The summed E-state index contributed by atoms with van der Waals surface area (Å²) in [4.78, 5) is 27.5. The van der Waals surface area contributed by atoms with E-state index in [0.717, 1.165) is 12.8 Å². The predicted octanol–water partition coefficient (Wildman–Crippen LogP) is 3.30. The van der Waals surface area contributed by atoms with Crippen LogP contribution in [0.2, 0.25) is 0 Å². The van der Waals surface area contributed by atoms with E-state index in [1.165, 1.54) is 4.90 Å². The Labute approximate surface area is 180 Å². The molecular formula is C24H25NO6. The van der Waals surface area contributed by atoms with Crippen LogP contribution >= 0.6 is 0 Å². The minimum atomic E-state index is -0.711. The van der Waals surface area contributed by atoms with E-state index in [1.807, 2.05) is 0 Å². The topological polar surface area (TPSA) is 85.3 Å². The average Bonchev–Trinajstić information content (AvgIpc) is 3.41. The molecule has 0 bridgehead atoms. The summed E-state index contributed by atoms with van der Waals surface area (Å²) in [6.07, 6.45) is 1.63. The minimum absolute atomic E-state index is 0.0679. The number of hydrogen-bond donors (Lipinski definition) is 1. The maximum absolute atomic E-state index is 13.0. The first-order chi connectivity index (χ1) is 15.0. The Morgan fingerprint density at radius 3 is 2.19 bits per heavy atom. The minimum Gasteiger partial charge on any atom is -0.507 e. The SMILES string of the molecule is COc1ccc(/C(O)=C2\C(=O)C(=O)N(CC3CCCO3)C2c2ccc(OC)cc2)cc1. The second-order valence-corrected chi connectivity index (χ2v) is 7.59. The van der Waals surface area contributed by atoms with Gasteiger partial charge in [0.25, 0.3) is 11.7 Å². The summed E-state index contributed by atoms with van der Waals surface area (Å²) in [5.74, 6) is -0.257. The molecule has 4 rings (SSSR count). The summed E-state index contributed by atoms with van der Waals surface area (Å²) in [6, 6.07) is 13.2. The molecule has 0 radical (unpaired) electrons. The van der Waals surface area contributed by atoms with Gasteiger partial charge in [-0.25, -0.2) is 0 Å². The number of carbonyl (C=O) groups excluding carboxylic acids is 2. The number of amides is 1.